The Morgan fingerprint density at radius 3 is 2.35 bits per heavy atom. The molecule has 1 aromatic heterocycles. The zero-order valence-electron chi connectivity index (χ0n) is 16.4. The van der Waals surface area contributed by atoms with Gasteiger partial charge in [-0.25, -0.2) is 9.97 Å². The summed E-state index contributed by atoms with van der Waals surface area (Å²) in [6.07, 6.45) is 1.73. The smallest absolute Gasteiger partial charge is 0.274 e. The van der Waals surface area contributed by atoms with Gasteiger partial charge < -0.3 is 15.5 Å². The van der Waals surface area contributed by atoms with E-state index >= 15 is 0 Å². The summed E-state index contributed by atoms with van der Waals surface area (Å²) in [4.78, 5) is 23.6. The van der Waals surface area contributed by atoms with Crippen LogP contribution in [0.1, 0.15) is 41.3 Å². The Morgan fingerprint density at radius 1 is 1.12 bits per heavy atom. The summed E-state index contributed by atoms with van der Waals surface area (Å²) in [6.45, 7) is 7.61. The monoisotopic (exact) mass is 355 g/mol. The zero-order valence-corrected chi connectivity index (χ0v) is 16.4. The van der Waals surface area contributed by atoms with Crippen molar-refractivity contribution in [2.75, 3.05) is 37.8 Å². The summed E-state index contributed by atoms with van der Waals surface area (Å²) in [5.74, 6) is 1.04. The van der Waals surface area contributed by atoms with Crippen LogP contribution in [0.4, 0.5) is 11.5 Å². The largest absolute Gasteiger partial charge is 0.369 e. The fraction of sp³-hybridized carbons (Fsp3) is 0.450. The first-order valence-electron chi connectivity index (χ1n) is 9.11. The van der Waals surface area contributed by atoms with Crippen molar-refractivity contribution < 1.29 is 4.79 Å². The molecule has 1 heterocycles. The first kappa shape index (κ1) is 19.8. The van der Waals surface area contributed by atoms with E-state index in [9.17, 15) is 4.79 Å². The number of hydrogen-bond acceptors (Lipinski definition) is 5. The quantitative estimate of drug-likeness (QED) is 0.761. The molecule has 2 N–H and O–H groups in total. The second-order valence-electron chi connectivity index (χ2n) is 6.53. The number of carbonyl (C=O) groups is 1. The van der Waals surface area contributed by atoms with Gasteiger partial charge in [-0.2, -0.15) is 0 Å². The molecule has 0 bridgehead atoms. The van der Waals surface area contributed by atoms with E-state index in [0.29, 0.717) is 17.3 Å². The van der Waals surface area contributed by atoms with Crippen molar-refractivity contribution in [3.05, 3.63) is 46.9 Å². The molecule has 1 aromatic carbocycles. The third kappa shape index (κ3) is 5.26. The molecule has 0 spiro atoms. The highest BCUT2D eigenvalue weighted by Crippen LogP contribution is 2.23. The minimum absolute atomic E-state index is 0.207. The number of para-hydroxylation sites is 1. The number of benzene rings is 1. The lowest BCUT2D eigenvalue weighted by Crippen LogP contribution is -2.22. The lowest BCUT2D eigenvalue weighted by molar-refractivity contribution is 0.102. The zero-order chi connectivity index (χ0) is 19.1. The van der Waals surface area contributed by atoms with E-state index in [1.807, 2.05) is 32.3 Å². The van der Waals surface area contributed by atoms with E-state index in [-0.39, 0.29) is 5.91 Å². The number of nitrogens with one attached hydrogen (secondary N) is 2. The van der Waals surface area contributed by atoms with Crippen molar-refractivity contribution in [2.24, 2.45) is 0 Å². The minimum atomic E-state index is -0.207. The Kier molecular flexibility index (Phi) is 7.09. The molecule has 6 nitrogen and oxygen atoms in total. The van der Waals surface area contributed by atoms with Crippen LogP contribution in [0, 0.1) is 6.92 Å². The van der Waals surface area contributed by atoms with Gasteiger partial charge in [-0.15, -0.1) is 0 Å². The third-order valence-corrected chi connectivity index (χ3v) is 4.17. The van der Waals surface area contributed by atoms with E-state index in [1.54, 1.807) is 13.0 Å². The number of nitrogens with zero attached hydrogens (tertiary/aromatic N) is 3. The van der Waals surface area contributed by atoms with Gasteiger partial charge in [0.25, 0.3) is 5.91 Å². The highest BCUT2D eigenvalue weighted by Gasteiger charge is 2.14. The van der Waals surface area contributed by atoms with Crippen molar-refractivity contribution >= 4 is 17.4 Å². The van der Waals surface area contributed by atoms with Gasteiger partial charge in [0.1, 0.15) is 17.3 Å². The van der Waals surface area contributed by atoms with Crippen molar-refractivity contribution in [2.45, 2.75) is 33.6 Å². The molecule has 0 saturated heterocycles. The molecule has 6 heteroatoms. The highest BCUT2D eigenvalue weighted by molar-refractivity contribution is 6.04. The van der Waals surface area contributed by atoms with Crippen LogP contribution in [0.5, 0.6) is 0 Å². The van der Waals surface area contributed by atoms with Crippen LogP contribution in [0.25, 0.3) is 0 Å². The second-order valence-corrected chi connectivity index (χ2v) is 6.53. The molecule has 0 atom stereocenters. The third-order valence-electron chi connectivity index (χ3n) is 4.17. The van der Waals surface area contributed by atoms with Crippen molar-refractivity contribution in [1.29, 1.82) is 0 Å². The molecule has 2 rings (SSSR count). The molecule has 0 radical (unpaired) electrons. The summed E-state index contributed by atoms with van der Waals surface area (Å²) in [7, 11) is 4.03. The fourth-order valence-electron chi connectivity index (χ4n) is 2.76. The predicted octanol–water partition coefficient (Wildman–Crippen LogP) is 3.14. The molecule has 0 aliphatic heterocycles. The molecule has 0 aliphatic rings. The number of aryl methyl sites for hydroxylation is 3. The van der Waals surface area contributed by atoms with Gasteiger partial charge in [-0.3, -0.25) is 4.79 Å². The van der Waals surface area contributed by atoms with Gasteiger partial charge in [-0.05, 0) is 45.0 Å². The van der Waals surface area contributed by atoms with Crippen LogP contribution in [-0.2, 0) is 12.8 Å². The average molecular weight is 355 g/mol. The summed E-state index contributed by atoms with van der Waals surface area (Å²) in [5.41, 5.74) is 3.54. The van der Waals surface area contributed by atoms with E-state index in [4.69, 9.17) is 0 Å². The minimum Gasteiger partial charge on any atom is -0.369 e. The summed E-state index contributed by atoms with van der Waals surface area (Å²) < 4.78 is 0. The van der Waals surface area contributed by atoms with Gasteiger partial charge in [0.15, 0.2) is 0 Å². The van der Waals surface area contributed by atoms with E-state index < -0.39 is 0 Å². The Morgan fingerprint density at radius 2 is 1.77 bits per heavy atom. The standard InChI is InChI=1S/C20H29N5O/c1-6-15-9-8-10-16(7-2)19(15)24-20(26)17-13-18(23-14(3)22-17)21-11-12-25(4)5/h8-10,13H,6-7,11-12H2,1-5H3,(H,24,26)(H,21,22,23). The lowest BCUT2D eigenvalue weighted by Gasteiger charge is -2.15. The van der Waals surface area contributed by atoms with Crippen LogP contribution < -0.4 is 10.6 Å². The second kappa shape index (κ2) is 9.29. The number of anilines is 2. The Labute approximate surface area is 156 Å². The van der Waals surface area contributed by atoms with Gasteiger partial charge >= 0.3 is 0 Å². The summed E-state index contributed by atoms with van der Waals surface area (Å²) in [5, 5.41) is 6.31. The maximum Gasteiger partial charge on any atom is 0.274 e. The lowest BCUT2D eigenvalue weighted by atomic mass is 10.0. The molecule has 0 unspecified atom stereocenters. The first-order valence-corrected chi connectivity index (χ1v) is 9.11. The van der Waals surface area contributed by atoms with Crippen molar-refractivity contribution in [3.8, 4) is 0 Å². The summed E-state index contributed by atoms with van der Waals surface area (Å²) >= 11 is 0. The van der Waals surface area contributed by atoms with Gasteiger partial charge in [0.2, 0.25) is 0 Å². The molecule has 140 valence electrons. The Bertz CT molecular complexity index is 736. The Balaban J connectivity index is 2.21. The molecule has 1 amide bonds. The maximum atomic E-state index is 12.8. The molecule has 0 aliphatic carbocycles. The molecule has 2 aromatic rings. The number of carbonyl (C=O) groups excluding carboxylic acids is 1. The van der Waals surface area contributed by atoms with E-state index in [2.05, 4.69) is 39.3 Å². The Hall–Kier alpha value is -2.47. The summed E-state index contributed by atoms with van der Waals surface area (Å²) in [6, 6.07) is 7.84. The fourth-order valence-corrected chi connectivity index (χ4v) is 2.76. The number of amides is 1. The van der Waals surface area contributed by atoms with Crippen molar-refractivity contribution in [1.82, 2.24) is 14.9 Å². The van der Waals surface area contributed by atoms with Crippen LogP contribution >= 0.6 is 0 Å². The van der Waals surface area contributed by atoms with Crippen LogP contribution in [0.3, 0.4) is 0 Å². The van der Waals surface area contributed by atoms with Crippen LogP contribution in [-0.4, -0.2) is 48.0 Å². The normalized spacial score (nSPS) is 10.8. The molecule has 0 saturated carbocycles. The number of rotatable bonds is 8. The molecule has 0 fully saturated rings. The molecular formula is C20H29N5O. The van der Waals surface area contributed by atoms with Crippen molar-refractivity contribution in [3.63, 3.8) is 0 Å². The first-order chi connectivity index (χ1) is 12.4. The predicted molar refractivity (Wildman–Crippen MR) is 107 cm³/mol. The van der Waals surface area contributed by atoms with Gasteiger partial charge in [0.05, 0.1) is 0 Å². The average Bonchev–Trinajstić information content (AvgIpc) is 2.61. The molecule has 26 heavy (non-hydrogen) atoms. The maximum absolute atomic E-state index is 12.8. The van der Waals surface area contributed by atoms with E-state index in [0.717, 1.165) is 42.7 Å². The number of likely N-dealkylation sites (N-methyl/N-ethyl adjacent to an activating group) is 1. The van der Waals surface area contributed by atoms with Gasteiger partial charge in [-0.1, -0.05) is 32.0 Å². The van der Waals surface area contributed by atoms with Gasteiger partial charge in [0, 0.05) is 24.8 Å². The SMILES string of the molecule is CCc1cccc(CC)c1NC(=O)c1cc(NCCN(C)C)nc(C)n1. The number of aromatic nitrogens is 2. The van der Waals surface area contributed by atoms with Crippen LogP contribution in [0.15, 0.2) is 24.3 Å². The van der Waals surface area contributed by atoms with E-state index in [1.165, 1.54) is 0 Å². The molecular weight excluding hydrogens is 326 g/mol. The highest BCUT2D eigenvalue weighted by atomic mass is 16.1. The number of hydrogen-bond donors (Lipinski definition) is 2. The topological polar surface area (TPSA) is 70.2 Å². The van der Waals surface area contributed by atoms with Crippen LogP contribution in [0.2, 0.25) is 0 Å².